The van der Waals surface area contributed by atoms with Crippen molar-refractivity contribution in [3.8, 4) is 5.75 Å². The minimum atomic E-state index is -1.35. The number of para-hydroxylation sites is 1. The minimum Gasteiger partial charge on any atom is -0.495 e. The monoisotopic (exact) mass is 291 g/mol. The minimum absolute atomic E-state index is 0.0560. The number of rotatable bonds is 5. The van der Waals surface area contributed by atoms with E-state index in [1.54, 1.807) is 36.4 Å². The van der Waals surface area contributed by atoms with E-state index in [9.17, 15) is 9.00 Å². The number of methoxy groups -OCH3 is 1. The second-order valence-electron chi connectivity index (χ2n) is 3.96. The van der Waals surface area contributed by atoms with Crippen LogP contribution in [0.1, 0.15) is 16.2 Å². The smallest absolute Gasteiger partial charge is 0.354 e. The Morgan fingerprint density at radius 1 is 1.25 bits per heavy atom. The molecule has 104 valence electrons. The van der Waals surface area contributed by atoms with E-state index in [0.29, 0.717) is 16.3 Å². The molecule has 20 heavy (non-hydrogen) atoms. The molecule has 0 radical (unpaired) electrons. The van der Waals surface area contributed by atoms with E-state index in [1.165, 1.54) is 13.2 Å². The van der Waals surface area contributed by atoms with E-state index in [-0.39, 0.29) is 11.4 Å². The van der Waals surface area contributed by atoms with Gasteiger partial charge in [0.2, 0.25) is 0 Å². The van der Waals surface area contributed by atoms with Crippen LogP contribution >= 0.6 is 0 Å². The van der Waals surface area contributed by atoms with E-state index in [1.807, 2.05) is 0 Å². The van der Waals surface area contributed by atoms with Gasteiger partial charge in [-0.25, -0.2) is 9.78 Å². The molecule has 2 aromatic rings. The Morgan fingerprint density at radius 3 is 2.70 bits per heavy atom. The van der Waals surface area contributed by atoms with Crippen LogP contribution in [0.2, 0.25) is 0 Å². The fraction of sp³-hybridized carbons (Fsp3) is 0.143. The molecule has 2 rings (SSSR count). The second-order valence-corrected chi connectivity index (χ2v) is 5.38. The molecule has 0 aliphatic rings. The summed E-state index contributed by atoms with van der Waals surface area (Å²) in [4.78, 5) is 15.4. The Morgan fingerprint density at radius 2 is 2.00 bits per heavy atom. The molecule has 1 N–H and O–H groups in total. The number of ether oxygens (including phenoxy) is 1. The summed E-state index contributed by atoms with van der Waals surface area (Å²) in [5.41, 5.74) is 0.411. The summed E-state index contributed by atoms with van der Waals surface area (Å²) in [6, 6.07) is 11.7. The lowest BCUT2D eigenvalue weighted by Crippen LogP contribution is -2.05. The van der Waals surface area contributed by atoms with Crippen molar-refractivity contribution in [1.82, 2.24) is 4.98 Å². The molecule has 1 aromatic carbocycles. The highest BCUT2D eigenvalue weighted by atomic mass is 32.2. The number of aromatic nitrogens is 1. The number of carboxylic acids is 1. The van der Waals surface area contributed by atoms with Crippen LogP contribution in [0.5, 0.6) is 5.75 Å². The van der Waals surface area contributed by atoms with E-state index >= 15 is 0 Å². The molecule has 5 nitrogen and oxygen atoms in total. The molecule has 0 bridgehead atoms. The molecule has 0 saturated carbocycles. The van der Waals surface area contributed by atoms with Gasteiger partial charge < -0.3 is 9.84 Å². The zero-order valence-electron chi connectivity index (χ0n) is 10.8. The molecule has 0 aliphatic heterocycles. The van der Waals surface area contributed by atoms with Crippen molar-refractivity contribution in [3.63, 3.8) is 0 Å². The SMILES string of the molecule is COc1ccccc1S(=O)Cc1cccc(C(=O)O)n1. The van der Waals surface area contributed by atoms with Gasteiger partial charge in [-0.2, -0.15) is 0 Å². The maximum Gasteiger partial charge on any atom is 0.354 e. The second kappa shape index (κ2) is 6.29. The van der Waals surface area contributed by atoms with Gasteiger partial charge in [0.05, 0.1) is 34.3 Å². The molecule has 1 aromatic heterocycles. The van der Waals surface area contributed by atoms with Gasteiger partial charge in [-0.3, -0.25) is 4.21 Å². The Hall–Kier alpha value is -2.21. The summed E-state index contributed by atoms with van der Waals surface area (Å²) in [7, 11) is 0.165. The van der Waals surface area contributed by atoms with Crippen LogP contribution in [0.3, 0.4) is 0 Å². The van der Waals surface area contributed by atoms with Crippen LogP contribution in [0.4, 0.5) is 0 Å². The molecule has 0 aliphatic carbocycles. The van der Waals surface area contributed by atoms with Gasteiger partial charge in [-0.1, -0.05) is 18.2 Å². The maximum atomic E-state index is 12.3. The summed E-state index contributed by atoms with van der Waals surface area (Å²) in [5.74, 6) is -0.420. The molecule has 0 amide bonds. The van der Waals surface area contributed by atoms with Crippen molar-refractivity contribution >= 4 is 16.8 Å². The molecule has 1 atom stereocenters. The number of hydrogen-bond acceptors (Lipinski definition) is 4. The summed E-state index contributed by atoms with van der Waals surface area (Å²) in [5, 5.41) is 8.88. The van der Waals surface area contributed by atoms with Crippen LogP contribution < -0.4 is 4.74 Å². The summed E-state index contributed by atoms with van der Waals surface area (Å²) >= 11 is 0. The van der Waals surface area contributed by atoms with Crippen molar-refractivity contribution in [2.75, 3.05) is 7.11 Å². The molecule has 0 fully saturated rings. The number of carbonyl (C=O) groups is 1. The molecule has 0 spiro atoms. The number of benzene rings is 1. The molecule has 1 heterocycles. The van der Waals surface area contributed by atoms with Gasteiger partial charge in [0.1, 0.15) is 11.4 Å². The first kappa shape index (κ1) is 14.2. The number of hydrogen-bond donors (Lipinski definition) is 1. The van der Waals surface area contributed by atoms with Crippen LogP contribution in [0.25, 0.3) is 0 Å². The van der Waals surface area contributed by atoms with Crippen LogP contribution in [0.15, 0.2) is 47.4 Å². The lowest BCUT2D eigenvalue weighted by Gasteiger charge is -2.07. The van der Waals surface area contributed by atoms with Crippen molar-refractivity contribution in [2.45, 2.75) is 10.6 Å². The first-order chi connectivity index (χ1) is 9.61. The Kier molecular flexibility index (Phi) is 4.47. The first-order valence-corrected chi connectivity index (χ1v) is 7.14. The van der Waals surface area contributed by atoms with Gasteiger partial charge >= 0.3 is 5.97 Å². The zero-order valence-corrected chi connectivity index (χ0v) is 11.6. The molecule has 0 saturated heterocycles. The third-order valence-corrected chi connectivity index (χ3v) is 4.01. The van der Waals surface area contributed by atoms with Gasteiger partial charge in [0.25, 0.3) is 0 Å². The standard InChI is InChI=1S/C14H13NO4S/c1-19-12-7-2-3-8-13(12)20(18)9-10-5-4-6-11(15-10)14(16)17/h2-8H,9H2,1H3,(H,16,17). The largest absolute Gasteiger partial charge is 0.495 e. The van der Waals surface area contributed by atoms with E-state index in [0.717, 1.165) is 0 Å². The number of pyridine rings is 1. The van der Waals surface area contributed by atoms with Gasteiger partial charge in [0, 0.05) is 0 Å². The van der Waals surface area contributed by atoms with Gasteiger partial charge in [-0.05, 0) is 24.3 Å². The number of nitrogens with zero attached hydrogens (tertiary/aromatic N) is 1. The predicted octanol–water partition coefficient (Wildman–Crippen LogP) is 2.10. The third kappa shape index (κ3) is 3.21. The summed E-state index contributed by atoms with van der Waals surface area (Å²) in [6.07, 6.45) is 0. The Labute approximate surface area is 118 Å². The fourth-order valence-corrected chi connectivity index (χ4v) is 2.89. The average molecular weight is 291 g/mol. The normalized spacial score (nSPS) is 11.8. The first-order valence-electron chi connectivity index (χ1n) is 5.82. The topological polar surface area (TPSA) is 76.5 Å². The van der Waals surface area contributed by atoms with E-state index in [2.05, 4.69) is 4.98 Å². The number of aromatic carboxylic acids is 1. The van der Waals surface area contributed by atoms with Crippen LogP contribution in [-0.2, 0) is 16.6 Å². The molecular formula is C14H13NO4S. The van der Waals surface area contributed by atoms with Crippen molar-refractivity contribution in [3.05, 3.63) is 53.9 Å². The predicted molar refractivity (Wildman–Crippen MR) is 74.3 cm³/mol. The van der Waals surface area contributed by atoms with Crippen molar-refractivity contribution in [1.29, 1.82) is 0 Å². The number of carboxylic acid groups (broad SMARTS) is 1. The lowest BCUT2D eigenvalue weighted by molar-refractivity contribution is 0.0690. The maximum absolute atomic E-state index is 12.3. The molecule has 1 unspecified atom stereocenters. The van der Waals surface area contributed by atoms with Gasteiger partial charge in [-0.15, -0.1) is 0 Å². The van der Waals surface area contributed by atoms with Crippen LogP contribution in [0, 0.1) is 0 Å². The summed E-state index contributed by atoms with van der Waals surface area (Å²) in [6.45, 7) is 0. The van der Waals surface area contributed by atoms with Crippen molar-refractivity contribution in [2.24, 2.45) is 0 Å². The lowest BCUT2D eigenvalue weighted by atomic mass is 10.3. The van der Waals surface area contributed by atoms with E-state index in [4.69, 9.17) is 9.84 Å². The van der Waals surface area contributed by atoms with Gasteiger partial charge in [0.15, 0.2) is 0 Å². The Bertz CT molecular complexity index is 657. The third-order valence-electron chi connectivity index (χ3n) is 2.62. The molecule has 6 heteroatoms. The van der Waals surface area contributed by atoms with E-state index < -0.39 is 16.8 Å². The fourth-order valence-electron chi connectivity index (χ4n) is 1.70. The van der Waals surface area contributed by atoms with Crippen LogP contribution in [-0.4, -0.2) is 27.4 Å². The Balaban J connectivity index is 2.23. The average Bonchev–Trinajstić information content (AvgIpc) is 2.47. The van der Waals surface area contributed by atoms with Crippen molar-refractivity contribution < 1.29 is 18.8 Å². The highest BCUT2D eigenvalue weighted by Crippen LogP contribution is 2.23. The zero-order chi connectivity index (χ0) is 14.5. The quantitative estimate of drug-likeness (QED) is 0.913. The highest BCUT2D eigenvalue weighted by molar-refractivity contribution is 7.84. The summed E-state index contributed by atoms with van der Waals surface area (Å²) < 4.78 is 17.5. The molecular weight excluding hydrogens is 278 g/mol. The highest BCUT2D eigenvalue weighted by Gasteiger charge is 2.12.